The van der Waals surface area contributed by atoms with Crippen LogP contribution in [0.4, 0.5) is 0 Å². The average molecular weight is 417 g/mol. The number of fused-ring (bicyclic) bond motifs is 1. The van der Waals surface area contributed by atoms with Gasteiger partial charge in [-0.25, -0.2) is 4.68 Å². The number of likely N-dealkylation sites (tertiary alicyclic amines) is 1. The van der Waals surface area contributed by atoms with Crippen molar-refractivity contribution < 1.29 is 14.3 Å². The second-order valence-electron chi connectivity index (χ2n) is 10.4. The van der Waals surface area contributed by atoms with Crippen molar-refractivity contribution in [3.05, 3.63) is 11.9 Å². The molecule has 0 N–H and O–H groups in total. The molecule has 0 bridgehead atoms. The molecule has 1 aromatic heterocycles. The monoisotopic (exact) mass is 416 g/mol. The number of nitrogens with zero attached hydrogens (tertiary/aromatic N) is 4. The van der Waals surface area contributed by atoms with E-state index in [1.165, 1.54) is 19.3 Å². The van der Waals surface area contributed by atoms with E-state index in [1.54, 1.807) is 0 Å². The summed E-state index contributed by atoms with van der Waals surface area (Å²) in [5.41, 5.74) is 0.774. The number of aromatic nitrogens is 3. The number of carbonyl (C=O) groups excluding carboxylic acids is 1. The highest BCUT2D eigenvalue weighted by atomic mass is 16.5. The minimum absolute atomic E-state index is 0.172. The summed E-state index contributed by atoms with van der Waals surface area (Å²) >= 11 is 0. The van der Waals surface area contributed by atoms with Crippen LogP contribution in [0.1, 0.15) is 64.1 Å². The number of rotatable bonds is 8. The lowest BCUT2D eigenvalue weighted by Crippen LogP contribution is -2.52. The molecule has 1 amide bonds. The van der Waals surface area contributed by atoms with Gasteiger partial charge in [-0.2, -0.15) is 0 Å². The average Bonchev–Trinajstić information content (AvgIpc) is 3.28. The Morgan fingerprint density at radius 3 is 2.70 bits per heavy atom. The first-order chi connectivity index (χ1) is 14.6. The van der Waals surface area contributed by atoms with E-state index in [0.717, 1.165) is 57.0 Å². The predicted octanol–water partition coefficient (Wildman–Crippen LogP) is 2.86. The maximum Gasteiger partial charge on any atom is 0.233 e. The predicted molar refractivity (Wildman–Crippen MR) is 112 cm³/mol. The fourth-order valence-corrected chi connectivity index (χ4v) is 5.42. The maximum atomic E-state index is 13.0. The number of hydrogen-bond donors (Lipinski definition) is 0. The number of aryl methyl sites for hydroxylation is 1. The van der Waals surface area contributed by atoms with Crippen LogP contribution in [0.5, 0.6) is 0 Å². The van der Waals surface area contributed by atoms with Gasteiger partial charge in [-0.3, -0.25) is 4.79 Å². The molecule has 30 heavy (non-hydrogen) atoms. The first-order valence-electron chi connectivity index (χ1n) is 11.9. The lowest BCUT2D eigenvalue weighted by atomic mass is 9.77. The summed E-state index contributed by atoms with van der Waals surface area (Å²) in [6, 6.07) is 0.227. The Hall–Kier alpha value is -1.47. The van der Waals surface area contributed by atoms with Gasteiger partial charge in [0.15, 0.2) is 0 Å². The van der Waals surface area contributed by atoms with Crippen LogP contribution in [0.2, 0.25) is 0 Å². The summed E-state index contributed by atoms with van der Waals surface area (Å²) in [4.78, 5) is 15.1. The van der Waals surface area contributed by atoms with Crippen molar-refractivity contribution in [3.8, 4) is 0 Å². The Morgan fingerprint density at radius 1 is 1.27 bits per heavy atom. The summed E-state index contributed by atoms with van der Waals surface area (Å²) in [6.07, 6.45) is 10.3. The van der Waals surface area contributed by atoms with Crippen LogP contribution in [0.25, 0.3) is 0 Å². The smallest absolute Gasteiger partial charge is 0.233 e. The molecule has 166 valence electrons. The summed E-state index contributed by atoms with van der Waals surface area (Å²) in [6.45, 7) is 7.97. The maximum absolute atomic E-state index is 13.0. The Labute approximate surface area is 179 Å². The summed E-state index contributed by atoms with van der Waals surface area (Å²) < 4.78 is 13.9. The number of carbonyl (C=O) groups is 1. The van der Waals surface area contributed by atoms with Crippen LogP contribution in [-0.4, -0.2) is 64.8 Å². The first-order valence-corrected chi connectivity index (χ1v) is 11.9. The van der Waals surface area contributed by atoms with E-state index in [4.69, 9.17) is 9.47 Å². The molecular weight excluding hydrogens is 380 g/mol. The third kappa shape index (κ3) is 4.03. The fourth-order valence-electron chi connectivity index (χ4n) is 5.42. The molecule has 5 rings (SSSR count). The van der Waals surface area contributed by atoms with Crippen molar-refractivity contribution in [3.63, 3.8) is 0 Å². The van der Waals surface area contributed by atoms with Crippen LogP contribution in [-0.2, 0) is 20.7 Å². The molecule has 4 aliphatic rings. The largest absolute Gasteiger partial charge is 0.379 e. The van der Waals surface area contributed by atoms with Crippen molar-refractivity contribution in [2.45, 2.75) is 70.9 Å². The topological polar surface area (TPSA) is 69.5 Å². The van der Waals surface area contributed by atoms with Gasteiger partial charge >= 0.3 is 0 Å². The van der Waals surface area contributed by atoms with Gasteiger partial charge < -0.3 is 14.4 Å². The molecule has 2 saturated heterocycles. The zero-order valence-electron chi connectivity index (χ0n) is 18.5. The summed E-state index contributed by atoms with van der Waals surface area (Å²) in [5.74, 6) is 2.08. The molecule has 4 atom stereocenters. The zero-order valence-corrected chi connectivity index (χ0v) is 18.5. The van der Waals surface area contributed by atoms with Gasteiger partial charge in [-0.1, -0.05) is 18.6 Å². The molecule has 0 radical (unpaired) electrons. The van der Waals surface area contributed by atoms with E-state index in [1.807, 2.05) is 6.92 Å². The van der Waals surface area contributed by atoms with Gasteiger partial charge in [-0.15, -0.1) is 5.10 Å². The highest BCUT2D eigenvalue weighted by Gasteiger charge is 2.50. The Balaban J connectivity index is 1.29. The van der Waals surface area contributed by atoms with Crippen molar-refractivity contribution in [1.82, 2.24) is 19.9 Å². The molecule has 0 unspecified atom stereocenters. The van der Waals surface area contributed by atoms with E-state index in [-0.39, 0.29) is 23.5 Å². The molecule has 3 heterocycles. The molecule has 2 aliphatic heterocycles. The lowest BCUT2D eigenvalue weighted by Gasteiger charge is -2.39. The van der Waals surface area contributed by atoms with Gasteiger partial charge in [0.2, 0.25) is 5.91 Å². The number of hydrogen-bond acceptors (Lipinski definition) is 5. The number of unbranched alkanes of at least 4 members (excludes halogenated alkanes) is 1. The quantitative estimate of drug-likeness (QED) is 0.652. The number of ether oxygens (including phenoxy) is 2. The van der Waals surface area contributed by atoms with E-state index in [0.29, 0.717) is 25.0 Å². The molecule has 2 saturated carbocycles. The Bertz CT molecular complexity index is 757. The summed E-state index contributed by atoms with van der Waals surface area (Å²) in [5, 5.41) is 8.93. The molecule has 7 nitrogen and oxygen atoms in total. The minimum Gasteiger partial charge on any atom is -0.379 e. The SMILES string of the molecule is CCCCc1cn([C@@H]2C[C@@H]3CN(C(=O)C4(C)COC4)C[C@@H]3C[C@H]2OCC2CC2)nn1. The molecular formula is C23H36N4O3. The van der Waals surface area contributed by atoms with Crippen LogP contribution < -0.4 is 0 Å². The standard InChI is InChI=1S/C23H36N4O3/c1-3-4-5-19-12-27(25-24-19)20-8-17-10-26(22(28)23(2)14-29-15-23)11-18(17)9-21(20)30-13-16-6-7-16/h12,16-18,20-21H,3-11,13-15H2,1-2H3/t17-,18+,20-,21-/m1/s1. The minimum atomic E-state index is -0.311. The normalized spacial score (nSPS) is 32.7. The van der Waals surface area contributed by atoms with E-state index in [2.05, 4.69) is 33.0 Å². The summed E-state index contributed by atoms with van der Waals surface area (Å²) in [7, 11) is 0. The van der Waals surface area contributed by atoms with Crippen molar-refractivity contribution >= 4 is 5.91 Å². The second-order valence-corrected chi connectivity index (χ2v) is 10.4. The molecule has 4 fully saturated rings. The van der Waals surface area contributed by atoms with Crippen molar-refractivity contribution in [2.24, 2.45) is 23.2 Å². The Morgan fingerprint density at radius 2 is 2.03 bits per heavy atom. The van der Waals surface area contributed by atoms with Gasteiger partial charge in [0.05, 0.1) is 36.5 Å². The molecule has 2 aliphatic carbocycles. The third-order valence-corrected chi connectivity index (χ3v) is 7.66. The fraction of sp³-hybridized carbons (Fsp3) is 0.870. The van der Waals surface area contributed by atoms with Gasteiger partial charge in [0.25, 0.3) is 0 Å². The van der Waals surface area contributed by atoms with E-state index < -0.39 is 0 Å². The van der Waals surface area contributed by atoms with E-state index >= 15 is 0 Å². The van der Waals surface area contributed by atoms with Crippen LogP contribution in [0.15, 0.2) is 6.20 Å². The van der Waals surface area contributed by atoms with Crippen LogP contribution in [0, 0.1) is 23.2 Å². The van der Waals surface area contributed by atoms with Crippen LogP contribution in [0.3, 0.4) is 0 Å². The molecule has 0 aromatic carbocycles. The molecule has 0 spiro atoms. The highest BCUT2D eigenvalue weighted by molar-refractivity contribution is 5.83. The van der Waals surface area contributed by atoms with Gasteiger partial charge in [-0.05, 0) is 63.2 Å². The lowest BCUT2D eigenvalue weighted by molar-refractivity contribution is -0.167. The zero-order chi connectivity index (χ0) is 20.7. The van der Waals surface area contributed by atoms with Gasteiger partial charge in [0, 0.05) is 25.9 Å². The van der Waals surface area contributed by atoms with Gasteiger partial charge in [0.1, 0.15) is 0 Å². The highest BCUT2D eigenvalue weighted by Crippen LogP contribution is 2.44. The van der Waals surface area contributed by atoms with Crippen LogP contribution >= 0.6 is 0 Å². The molecule has 7 heteroatoms. The first kappa shape index (κ1) is 20.4. The van der Waals surface area contributed by atoms with Crippen molar-refractivity contribution in [2.75, 3.05) is 32.9 Å². The number of amides is 1. The third-order valence-electron chi connectivity index (χ3n) is 7.66. The van der Waals surface area contributed by atoms with Crippen molar-refractivity contribution in [1.29, 1.82) is 0 Å². The van der Waals surface area contributed by atoms with E-state index in [9.17, 15) is 4.79 Å². The molecule has 1 aromatic rings. The Kier molecular flexibility index (Phi) is 5.60. The second kappa shape index (κ2) is 8.23.